The van der Waals surface area contributed by atoms with Gasteiger partial charge < -0.3 is 0 Å². The molecule has 3 nitrogen and oxygen atoms in total. The van der Waals surface area contributed by atoms with Gasteiger partial charge in [0.05, 0.1) is 4.90 Å². The van der Waals surface area contributed by atoms with Crippen LogP contribution in [0.5, 0.6) is 0 Å². The Bertz CT molecular complexity index is 726. The molecule has 0 spiro atoms. The van der Waals surface area contributed by atoms with Crippen molar-refractivity contribution >= 4 is 21.4 Å². The van der Waals surface area contributed by atoms with Crippen LogP contribution in [0.2, 0.25) is 0 Å². The zero-order chi connectivity index (χ0) is 16.4. The number of sulfonamides is 1. The summed E-state index contributed by atoms with van der Waals surface area (Å²) >= 11 is 1.77. The van der Waals surface area contributed by atoms with Crippen molar-refractivity contribution in [2.75, 3.05) is 13.1 Å². The van der Waals surface area contributed by atoms with Gasteiger partial charge in [-0.1, -0.05) is 32.0 Å². The van der Waals surface area contributed by atoms with Gasteiger partial charge in [-0.05, 0) is 53.8 Å². The molecule has 0 radical (unpaired) electrons. The minimum atomic E-state index is -3.36. The molecule has 0 atom stereocenters. The predicted octanol–water partition coefficient (Wildman–Crippen LogP) is 4.44. The first-order valence-corrected chi connectivity index (χ1v) is 10.4. The molecule has 23 heavy (non-hydrogen) atoms. The van der Waals surface area contributed by atoms with Crippen molar-refractivity contribution in [2.24, 2.45) is 0 Å². The third-order valence-corrected chi connectivity index (χ3v) is 7.53. The van der Waals surface area contributed by atoms with Gasteiger partial charge in [-0.3, -0.25) is 0 Å². The summed E-state index contributed by atoms with van der Waals surface area (Å²) < 4.78 is 27.2. The molecular weight excluding hydrogens is 326 g/mol. The SMILES string of the molecule is CC(C)c1ccc(S(=O)(=O)N2CCC(c3cccs3)CC2)cc1. The van der Waals surface area contributed by atoms with Gasteiger partial charge in [0, 0.05) is 18.0 Å². The number of piperidine rings is 1. The van der Waals surface area contributed by atoms with Crippen molar-refractivity contribution in [2.45, 2.75) is 43.4 Å². The molecular formula is C18H23NO2S2. The highest BCUT2D eigenvalue weighted by atomic mass is 32.2. The van der Waals surface area contributed by atoms with Crippen LogP contribution in [0.1, 0.15) is 49.0 Å². The van der Waals surface area contributed by atoms with E-state index in [0.717, 1.165) is 12.8 Å². The number of hydrogen-bond acceptors (Lipinski definition) is 3. The van der Waals surface area contributed by atoms with E-state index in [2.05, 4.69) is 31.4 Å². The Morgan fingerprint density at radius 2 is 1.74 bits per heavy atom. The highest BCUT2D eigenvalue weighted by molar-refractivity contribution is 7.89. The maximum Gasteiger partial charge on any atom is 0.243 e. The molecule has 1 saturated heterocycles. The van der Waals surface area contributed by atoms with Gasteiger partial charge in [0.15, 0.2) is 0 Å². The summed E-state index contributed by atoms with van der Waals surface area (Å²) in [5.74, 6) is 0.915. The van der Waals surface area contributed by atoms with E-state index in [1.165, 1.54) is 10.4 Å². The molecule has 1 aliphatic heterocycles. The highest BCUT2D eigenvalue weighted by Gasteiger charge is 2.30. The lowest BCUT2D eigenvalue weighted by Crippen LogP contribution is -2.37. The first-order valence-electron chi connectivity index (χ1n) is 8.12. The van der Waals surface area contributed by atoms with Crippen LogP contribution in [-0.4, -0.2) is 25.8 Å². The summed E-state index contributed by atoms with van der Waals surface area (Å²) in [4.78, 5) is 1.79. The number of hydrogen-bond donors (Lipinski definition) is 0. The second-order valence-electron chi connectivity index (χ2n) is 6.42. The first-order chi connectivity index (χ1) is 11.0. The molecule has 1 aromatic heterocycles. The van der Waals surface area contributed by atoms with Crippen LogP contribution in [0.3, 0.4) is 0 Å². The summed E-state index contributed by atoms with van der Waals surface area (Å²) in [5, 5.41) is 2.09. The van der Waals surface area contributed by atoms with Gasteiger partial charge in [0.2, 0.25) is 10.0 Å². The molecule has 1 aliphatic rings. The molecule has 1 fully saturated rings. The van der Waals surface area contributed by atoms with Gasteiger partial charge in [0.25, 0.3) is 0 Å². The lowest BCUT2D eigenvalue weighted by Gasteiger charge is -2.30. The van der Waals surface area contributed by atoms with Gasteiger partial charge >= 0.3 is 0 Å². The van der Waals surface area contributed by atoms with Gasteiger partial charge in [-0.2, -0.15) is 4.31 Å². The fourth-order valence-corrected chi connectivity index (χ4v) is 5.45. The van der Waals surface area contributed by atoms with Crippen LogP contribution in [0.15, 0.2) is 46.7 Å². The Balaban J connectivity index is 1.71. The van der Waals surface area contributed by atoms with Crippen molar-refractivity contribution < 1.29 is 8.42 Å². The normalized spacial score (nSPS) is 17.7. The van der Waals surface area contributed by atoms with E-state index in [4.69, 9.17) is 0 Å². The van der Waals surface area contributed by atoms with Crippen molar-refractivity contribution in [3.05, 3.63) is 52.2 Å². The molecule has 3 rings (SSSR count). The van der Waals surface area contributed by atoms with Crippen LogP contribution in [-0.2, 0) is 10.0 Å². The molecule has 2 heterocycles. The smallest absolute Gasteiger partial charge is 0.207 e. The van der Waals surface area contributed by atoms with E-state index in [9.17, 15) is 8.42 Å². The number of thiophene rings is 1. The topological polar surface area (TPSA) is 37.4 Å². The predicted molar refractivity (Wildman–Crippen MR) is 95.6 cm³/mol. The Labute approximate surface area is 143 Å². The van der Waals surface area contributed by atoms with Crippen LogP contribution in [0, 0.1) is 0 Å². The second-order valence-corrected chi connectivity index (χ2v) is 9.33. The van der Waals surface area contributed by atoms with Gasteiger partial charge in [-0.15, -0.1) is 11.3 Å². The monoisotopic (exact) mass is 349 g/mol. The van der Waals surface area contributed by atoms with E-state index in [-0.39, 0.29) is 0 Å². The average molecular weight is 350 g/mol. The largest absolute Gasteiger partial charge is 0.243 e. The van der Waals surface area contributed by atoms with E-state index in [1.807, 2.05) is 12.1 Å². The summed E-state index contributed by atoms with van der Waals surface area (Å²) in [6.45, 7) is 5.44. The molecule has 2 aromatic rings. The summed E-state index contributed by atoms with van der Waals surface area (Å²) in [6, 6.07) is 11.6. The third-order valence-electron chi connectivity index (χ3n) is 4.58. The van der Waals surface area contributed by atoms with E-state index >= 15 is 0 Å². The fraction of sp³-hybridized carbons (Fsp3) is 0.444. The van der Waals surface area contributed by atoms with Crippen LogP contribution in [0.25, 0.3) is 0 Å². The lowest BCUT2D eigenvalue weighted by molar-refractivity contribution is 0.321. The maximum absolute atomic E-state index is 12.8. The lowest BCUT2D eigenvalue weighted by atomic mass is 9.97. The standard InChI is InChI=1S/C18H23NO2S2/c1-14(2)15-5-7-17(8-6-15)23(20,21)19-11-9-16(10-12-19)18-4-3-13-22-18/h3-8,13-14,16H,9-12H2,1-2H3. The zero-order valence-corrected chi connectivity index (χ0v) is 15.2. The number of rotatable bonds is 4. The molecule has 0 N–H and O–H groups in total. The van der Waals surface area contributed by atoms with Gasteiger partial charge in [-0.25, -0.2) is 8.42 Å². The van der Waals surface area contributed by atoms with Crippen molar-refractivity contribution in [3.8, 4) is 0 Å². The van der Waals surface area contributed by atoms with Crippen molar-refractivity contribution in [1.29, 1.82) is 0 Å². The fourth-order valence-electron chi connectivity index (χ4n) is 3.08. The number of nitrogens with zero attached hydrogens (tertiary/aromatic N) is 1. The van der Waals surface area contributed by atoms with Gasteiger partial charge in [0.1, 0.15) is 0 Å². The Morgan fingerprint density at radius 1 is 1.09 bits per heavy atom. The summed E-state index contributed by atoms with van der Waals surface area (Å²) in [6.07, 6.45) is 1.81. The Hall–Kier alpha value is -1.17. The summed E-state index contributed by atoms with van der Waals surface area (Å²) in [7, 11) is -3.36. The van der Waals surface area contributed by atoms with E-state index < -0.39 is 10.0 Å². The Morgan fingerprint density at radius 3 is 2.26 bits per heavy atom. The minimum absolute atomic E-state index is 0.410. The molecule has 0 saturated carbocycles. The molecule has 0 aliphatic carbocycles. The second kappa shape index (κ2) is 6.75. The van der Waals surface area contributed by atoms with Crippen LogP contribution < -0.4 is 0 Å². The molecule has 0 amide bonds. The average Bonchev–Trinajstić information content (AvgIpc) is 3.09. The first kappa shape index (κ1) is 16.7. The van der Waals surface area contributed by atoms with E-state index in [0.29, 0.717) is 29.8 Å². The maximum atomic E-state index is 12.8. The van der Waals surface area contributed by atoms with Crippen molar-refractivity contribution in [1.82, 2.24) is 4.31 Å². The molecule has 1 aromatic carbocycles. The summed E-state index contributed by atoms with van der Waals surface area (Å²) in [5.41, 5.74) is 1.17. The minimum Gasteiger partial charge on any atom is -0.207 e. The Kier molecular flexibility index (Phi) is 4.90. The molecule has 124 valence electrons. The zero-order valence-electron chi connectivity index (χ0n) is 13.6. The van der Waals surface area contributed by atoms with Crippen LogP contribution in [0.4, 0.5) is 0 Å². The van der Waals surface area contributed by atoms with Crippen LogP contribution >= 0.6 is 11.3 Å². The number of benzene rings is 1. The van der Waals surface area contributed by atoms with Crippen molar-refractivity contribution in [3.63, 3.8) is 0 Å². The third kappa shape index (κ3) is 3.52. The molecule has 5 heteroatoms. The highest BCUT2D eigenvalue weighted by Crippen LogP contribution is 2.33. The molecule has 0 unspecified atom stereocenters. The quantitative estimate of drug-likeness (QED) is 0.818. The molecule has 0 bridgehead atoms. The van der Waals surface area contributed by atoms with E-state index in [1.54, 1.807) is 27.8 Å².